The SMILES string of the molecule is CC(C)NC(=O)C(c1ccc(O)cc1)N(C(=O)C(C)NC(=O)OC(C)(C)C)C1CC1. The highest BCUT2D eigenvalue weighted by atomic mass is 16.6. The zero-order valence-corrected chi connectivity index (χ0v) is 18.6. The number of amides is 3. The van der Waals surface area contributed by atoms with Crippen molar-refractivity contribution in [2.75, 3.05) is 0 Å². The van der Waals surface area contributed by atoms with Crippen molar-refractivity contribution in [2.45, 2.75) is 84.2 Å². The van der Waals surface area contributed by atoms with Crippen LogP contribution < -0.4 is 10.6 Å². The molecule has 8 heteroatoms. The molecule has 3 N–H and O–H groups in total. The zero-order valence-electron chi connectivity index (χ0n) is 18.6. The van der Waals surface area contributed by atoms with Gasteiger partial charge in [0, 0.05) is 12.1 Å². The largest absolute Gasteiger partial charge is 0.508 e. The Morgan fingerprint density at radius 1 is 1.07 bits per heavy atom. The van der Waals surface area contributed by atoms with Crippen LogP contribution in [0.15, 0.2) is 24.3 Å². The average Bonchev–Trinajstić information content (AvgIpc) is 3.42. The van der Waals surface area contributed by atoms with E-state index in [0.29, 0.717) is 5.56 Å². The van der Waals surface area contributed by atoms with E-state index in [1.54, 1.807) is 44.7 Å². The number of carbonyl (C=O) groups excluding carboxylic acids is 3. The van der Waals surface area contributed by atoms with E-state index >= 15 is 0 Å². The molecule has 2 atom stereocenters. The van der Waals surface area contributed by atoms with Crippen LogP contribution in [0.3, 0.4) is 0 Å². The maximum atomic E-state index is 13.3. The quantitative estimate of drug-likeness (QED) is 0.630. The first-order valence-electron chi connectivity index (χ1n) is 10.3. The molecule has 0 heterocycles. The third kappa shape index (κ3) is 6.64. The number of phenols is 1. The molecular formula is C22H33N3O5. The van der Waals surface area contributed by atoms with Crippen LogP contribution in [0.25, 0.3) is 0 Å². The minimum Gasteiger partial charge on any atom is -0.508 e. The number of nitrogens with zero attached hydrogens (tertiary/aromatic N) is 1. The summed E-state index contributed by atoms with van der Waals surface area (Å²) in [6.45, 7) is 10.5. The molecule has 0 aliphatic heterocycles. The topological polar surface area (TPSA) is 108 Å². The number of nitrogens with one attached hydrogen (secondary N) is 2. The summed E-state index contributed by atoms with van der Waals surface area (Å²) >= 11 is 0. The van der Waals surface area contributed by atoms with Gasteiger partial charge in [0.25, 0.3) is 0 Å². The number of hydrogen-bond donors (Lipinski definition) is 3. The zero-order chi connectivity index (χ0) is 22.6. The van der Waals surface area contributed by atoms with Gasteiger partial charge in [-0.05, 0) is 72.1 Å². The van der Waals surface area contributed by atoms with Gasteiger partial charge in [-0.3, -0.25) is 9.59 Å². The first-order chi connectivity index (χ1) is 13.9. The molecule has 0 spiro atoms. The van der Waals surface area contributed by atoms with E-state index < -0.39 is 23.8 Å². The Kier molecular flexibility index (Phi) is 7.34. The molecule has 0 aromatic heterocycles. The lowest BCUT2D eigenvalue weighted by atomic mass is 10.0. The van der Waals surface area contributed by atoms with Crippen LogP contribution in [0.1, 0.15) is 66.0 Å². The predicted octanol–water partition coefficient (Wildman–Crippen LogP) is 2.86. The third-order valence-electron chi connectivity index (χ3n) is 4.46. The fourth-order valence-electron chi connectivity index (χ4n) is 3.10. The summed E-state index contributed by atoms with van der Waals surface area (Å²) in [5, 5.41) is 15.1. The predicted molar refractivity (Wildman–Crippen MR) is 113 cm³/mol. The van der Waals surface area contributed by atoms with Gasteiger partial charge in [0.1, 0.15) is 23.4 Å². The van der Waals surface area contributed by atoms with E-state index in [2.05, 4.69) is 10.6 Å². The molecule has 0 bridgehead atoms. The molecule has 0 radical (unpaired) electrons. The Bertz CT molecular complexity index is 766. The van der Waals surface area contributed by atoms with Gasteiger partial charge >= 0.3 is 6.09 Å². The van der Waals surface area contributed by atoms with E-state index in [1.807, 2.05) is 13.8 Å². The Balaban J connectivity index is 2.30. The van der Waals surface area contributed by atoms with Gasteiger partial charge in [-0.15, -0.1) is 0 Å². The molecule has 30 heavy (non-hydrogen) atoms. The van der Waals surface area contributed by atoms with Crippen LogP contribution in [-0.4, -0.2) is 51.6 Å². The molecule has 8 nitrogen and oxygen atoms in total. The number of hydrogen-bond acceptors (Lipinski definition) is 5. The van der Waals surface area contributed by atoms with Gasteiger partial charge in [-0.1, -0.05) is 12.1 Å². The first kappa shape index (κ1) is 23.5. The highest BCUT2D eigenvalue weighted by molar-refractivity contribution is 5.92. The van der Waals surface area contributed by atoms with Crippen molar-refractivity contribution in [3.8, 4) is 5.75 Å². The van der Waals surface area contributed by atoms with Gasteiger partial charge < -0.3 is 25.4 Å². The van der Waals surface area contributed by atoms with Gasteiger partial charge in [-0.25, -0.2) is 4.79 Å². The van der Waals surface area contributed by atoms with Crippen molar-refractivity contribution in [3.63, 3.8) is 0 Å². The fraction of sp³-hybridized carbons (Fsp3) is 0.591. The molecule has 1 aromatic rings. The molecule has 2 unspecified atom stereocenters. The van der Waals surface area contributed by atoms with E-state index in [1.165, 1.54) is 12.1 Å². The average molecular weight is 420 g/mol. The number of phenolic OH excluding ortho intramolecular Hbond substituents is 1. The molecular weight excluding hydrogens is 386 g/mol. The molecule has 0 saturated heterocycles. The molecule has 1 aromatic carbocycles. The monoisotopic (exact) mass is 419 g/mol. The van der Waals surface area contributed by atoms with Gasteiger partial charge in [0.2, 0.25) is 11.8 Å². The van der Waals surface area contributed by atoms with Gasteiger partial charge in [0.15, 0.2) is 0 Å². The van der Waals surface area contributed by atoms with E-state index in [9.17, 15) is 19.5 Å². The maximum absolute atomic E-state index is 13.3. The summed E-state index contributed by atoms with van der Waals surface area (Å²) in [6.07, 6.45) is 0.884. The summed E-state index contributed by atoms with van der Waals surface area (Å²) in [5.41, 5.74) is -0.0925. The first-order valence-corrected chi connectivity index (χ1v) is 10.3. The van der Waals surface area contributed by atoms with E-state index in [-0.39, 0.29) is 29.6 Å². The van der Waals surface area contributed by atoms with Crippen molar-refractivity contribution >= 4 is 17.9 Å². The van der Waals surface area contributed by atoms with E-state index in [4.69, 9.17) is 4.74 Å². The molecule has 1 aliphatic carbocycles. The maximum Gasteiger partial charge on any atom is 0.408 e. The Morgan fingerprint density at radius 2 is 1.63 bits per heavy atom. The summed E-state index contributed by atoms with van der Waals surface area (Å²) < 4.78 is 5.24. The standard InChI is InChI=1S/C22H33N3O5/c1-13(2)23-19(27)18(15-7-11-17(26)12-8-15)25(16-9-10-16)20(28)14(3)24-21(29)30-22(4,5)6/h7-8,11-14,16,18,26H,9-10H2,1-6H3,(H,23,27)(H,24,29). The number of ether oxygens (including phenoxy) is 1. The molecule has 1 aliphatic rings. The lowest BCUT2D eigenvalue weighted by molar-refractivity contribution is -0.143. The van der Waals surface area contributed by atoms with Crippen molar-refractivity contribution in [3.05, 3.63) is 29.8 Å². The van der Waals surface area contributed by atoms with Crippen molar-refractivity contribution in [1.29, 1.82) is 0 Å². The summed E-state index contributed by atoms with van der Waals surface area (Å²) in [4.78, 5) is 40.1. The number of benzene rings is 1. The lowest BCUT2D eigenvalue weighted by Gasteiger charge is -2.34. The summed E-state index contributed by atoms with van der Waals surface area (Å²) in [7, 11) is 0. The van der Waals surface area contributed by atoms with Crippen molar-refractivity contribution in [2.24, 2.45) is 0 Å². The lowest BCUT2D eigenvalue weighted by Crippen LogP contribution is -2.53. The summed E-state index contributed by atoms with van der Waals surface area (Å²) in [6, 6.07) is 4.32. The van der Waals surface area contributed by atoms with Gasteiger partial charge in [0.05, 0.1) is 0 Å². The Morgan fingerprint density at radius 3 is 2.10 bits per heavy atom. The van der Waals surface area contributed by atoms with Crippen LogP contribution in [-0.2, 0) is 14.3 Å². The minimum atomic E-state index is -0.869. The Hall–Kier alpha value is -2.77. The highest BCUT2D eigenvalue weighted by Gasteiger charge is 2.43. The fourth-order valence-corrected chi connectivity index (χ4v) is 3.10. The van der Waals surface area contributed by atoms with Crippen LogP contribution in [0.5, 0.6) is 5.75 Å². The van der Waals surface area contributed by atoms with Crippen LogP contribution in [0.4, 0.5) is 4.79 Å². The molecule has 1 fully saturated rings. The third-order valence-corrected chi connectivity index (χ3v) is 4.46. The Labute approximate surface area is 178 Å². The summed E-state index contributed by atoms with van der Waals surface area (Å²) in [5.74, 6) is -0.591. The van der Waals surface area contributed by atoms with Crippen LogP contribution >= 0.6 is 0 Å². The normalized spacial score (nSPS) is 15.8. The van der Waals surface area contributed by atoms with E-state index in [0.717, 1.165) is 12.8 Å². The number of carbonyl (C=O) groups is 3. The molecule has 2 rings (SSSR count). The van der Waals surface area contributed by atoms with Crippen molar-refractivity contribution in [1.82, 2.24) is 15.5 Å². The number of aromatic hydroxyl groups is 1. The number of alkyl carbamates (subject to hydrolysis) is 1. The molecule has 166 valence electrons. The van der Waals surface area contributed by atoms with Gasteiger partial charge in [-0.2, -0.15) is 0 Å². The second-order valence-corrected chi connectivity index (χ2v) is 9.00. The van der Waals surface area contributed by atoms with Crippen LogP contribution in [0.2, 0.25) is 0 Å². The van der Waals surface area contributed by atoms with Crippen molar-refractivity contribution < 1.29 is 24.2 Å². The van der Waals surface area contributed by atoms with Crippen LogP contribution in [0, 0.1) is 0 Å². The molecule has 3 amide bonds. The second kappa shape index (κ2) is 9.36. The highest BCUT2D eigenvalue weighted by Crippen LogP contribution is 2.36. The molecule has 1 saturated carbocycles. The number of rotatable bonds is 7. The smallest absolute Gasteiger partial charge is 0.408 e. The minimum absolute atomic E-state index is 0.0750. The second-order valence-electron chi connectivity index (χ2n) is 9.00.